The molecule has 3 aromatic rings. The van der Waals surface area contributed by atoms with Crippen LogP contribution in [0, 0.1) is 0 Å². The fraction of sp³-hybridized carbons (Fsp3) is 0.286. The minimum atomic E-state index is -0.140. The quantitative estimate of drug-likeness (QED) is 0.369. The van der Waals surface area contributed by atoms with Crippen molar-refractivity contribution in [3.63, 3.8) is 0 Å². The fourth-order valence-electron chi connectivity index (χ4n) is 3.02. The molecule has 150 valence electrons. The van der Waals surface area contributed by atoms with Crippen LogP contribution in [-0.4, -0.2) is 48.7 Å². The number of amides is 1. The predicted molar refractivity (Wildman–Crippen MR) is 120 cm³/mol. The van der Waals surface area contributed by atoms with Crippen molar-refractivity contribution in [2.24, 2.45) is 5.10 Å². The highest BCUT2D eigenvalue weighted by atomic mass is 32.2. The van der Waals surface area contributed by atoms with Gasteiger partial charge in [0.05, 0.1) is 34.9 Å². The number of thioether (sulfide) groups is 1. The first-order valence-corrected chi connectivity index (χ1v) is 11.2. The van der Waals surface area contributed by atoms with Crippen LogP contribution in [0.25, 0.3) is 10.2 Å². The van der Waals surface area contributed by atoms with Gasteiger partial charge in [-0.05, 0) is 36.8 Å². The number of hydrogen-bond acceptors (Lipinski definition) is 7. The number of rotatable bonds is 6. The Kier molecular flexibility index (Phi) is 6.43. The van der Waals surface area contributed by atoms with E-state index in [1.54, 1.807) is 11.3 Å². The van der Waals surface area contributed by atoms with Gasteiger partial charge in [0.15, 0.2) is 4.34 Å². The lowest BCUT2D eigenvalue weighted by Crippen LogP contribution is -2.36. The number of ether oxygens (including phenoxy) is 1. The molecule has 2 heterocycles. The summed E-state index contributed by atoms with van der Waals surface area (Å²) in [5.74, 6) is 0.144. The van der Waals surface area contributed by atoms with Gasteiger partial charge in [-0.2, -0.15) is 5.10 Å². The summed E-state index contributed by atoms with van der Waals surface area (Å²) in [4.78, 5) is 19.0. The van der Waals surface area contributed by atoms with Gasteiger partial charge in [0, 0.05) is 18.8 Å². The lowest BCUT2D eigenvalue weighted by Gasteiger charge is -2.28. The number of benzene rings is 2. The highest BCUT2D eigenvalue weighted by Crippen LogP contribution is 2.29. The number of carbonyl (C=O) groups is 1. The van der Waals surface area contributed by atoms with Crippen molar-refractivity contribution in [2.45, 2.75) is 11.3 Å². The van der Waals surface area contributed by atoms with Crippen LogP contribution in [0.15, 0.2) is 58.0 Å². The first-order valence-electron chi connectivity index (χ1n) is 9.44. The third-order valence-electron chi connectivity index (χ3n) is 4.61. The van der Waals surface area contributed by atoms with Crippen LogP contribution in [0.4, 0.5) is 5.69 Å². The number of nitrogens with one attached hydrogen (secondary N) is 1. The lowest BCUT2D eigenvalue weighted by atomic mass is 10.1. The molecule has 4 rings (SSSR count). The second kappa shape index (κ2) is 9.39. The number of para-hydroxylation sites is 1. The SMILES string of the molecule is CC(=NNC(=O)CSc1nc2ccccc2s1)c1ccc(N2CCOCC2)cc1. The Morgan fingerprint density at radius 1 is 1.21 bits per heavy atom. The fourth-order valence-corrected chi connectivity index (χ4v) is 4.88. The first-order chi connectivity index (χ1) is 14.2. The van der Waals surface area contributed by atoms with Crippen molar-refractivity contribution in [3.8, 4) is 0 Å². The minimum Gasteiger partial charge on any atom is -0.378 e. The van der Waals surface area contributed by atoms with E-state index in [4.69, 9.17) is 4.74 Å². The minimum absolute atomic E-state index is 0.140. The Morgan fingerprint density at radius 3 is 2.72 bits per heavy atom. The van der Waals surface area contributed by atoms with Crippen molar-refractivity contribution in [3.05, 3.63) is 54.1 Å². The van der Waals surface area contributed by atoms with Gasteiger partial charge < -0.3 is 9.64 Å². The Balaban J connectivity index is 1.30. The number of aromatic nitrogens is 1. The highest BCUT2D eigenvalue weighted by molar-refractivity contribution is 8.01. The third kappa shape index (κ3) is 5.14. The number of hydrazone groups is 1. The van der Waals surface area contributed by atoms with E-state index in [1.165, 1.54) is 17.4 Å². The molecule has 2 aromatic carbocycles. The van der Waals surface area contributed by atoms with Crippen LogP contribution in [0.2, 0.25) is 0 Å². The van der Waals surface area contributed by atoms with E-state index in [1.807, 2.05) is 43.3 Å². The molecule has 6 nitrogen and oxygen atoms in total. The van der Waals surface area contributed by atoms with Gasteiger partial charge in [0.2, 0.25) is 0 Å². The summed E-state index contributed by atoms with van der Waals surface area (Å²) in [5, 5.41) is 4.24. The molecular formula is C21H22N4O2S2. The third-order valence-corrected chi connectivity index (χ3v) is 6.79. The topological polar surface area (TPSA) is 66.8 Å². The smallest absolute Gasteiger partial charge is 0.250 e. The van der Waals surface area contributed by atoms with Crippen molar-refractivity contribution in [1.82, 2.24) is 10.4 Å². The number of fused-ring (bicyclic) bond motifs is 1. The van der Waals surface area contributed by atoms with E-state index in [0.29, 0.717) is 0 Å². The van der Waals surface area contributed by atoms with Gasteiger partial charge in [-0.1, -0.05) is 36.0 Å². The summed E-state index contributed by atoms with van der Waals surface area (Å²) in [7, 11) is 0. The number of carbonyl (C=O) groups excluding carboxylic acids is 1. The maximum Gasteiger partial charge on any atom is 0.250 e. The molecule has 0 aliphatic carbocycles. The molecule has 1 fully saturated rings. The molecule has 1 aliphatic rings. The largest absolute Gasteiger partial charge is 0.378 e. The first kappa shape index (κ1) is 19.9. The van der Waals surface area contributed by atoms with Crippen LogP contribution in [-0.2, 0) is 9.53 Å². The molecule has 0 radical (unpaired) electrons. The molecule has 1 N–H and O–H groups in total. The average molecular weight is 427 g/mol. The number of hydrogen-bond donors (Lipinski definition) is 1. The zero-order valence-corrected chi connectivity index (χ0v) is 17.8. The molecule has 29 heavy (non-hydrogen) atoms. The van der Waals surface area contributed by atoms with Crippen LogP contribution >= 0.6 is 23.1 Å². The molecular weight excluding hydrogens is 404 g/mol. The Morgan fingerprint density at radius 2 is 1.97 bits per heavy atom. The summed E-state index contributed by atoms with van der Waals surface area (Å²) in [5.41, 5.74) is 6.55. The second-order valence-corrected chi connectivity index (χ2v) is 8.87. The molecule has 0 unspecified atom stereocenters. The summed E-state index contributed by atoms with van der Waals surface area (Å²) in [6.45, 7) is 5.25. The van der Waals surface area contributed by atoms with Crippen LogP contribution in [0.3, 0.4) is 0 Å². The van der Waals surface area contributed by atoms with Crippen molar-refractivity contribution in [2.75, 3.05) is 37.0 Å². The van der Waals surface area contributed by atoms with Crippen LogP contribution < -0.4 is 10.3 Å². The van der Waals surface area contributed by atoms with Gasteiger partial charge in [0.1, 0.15) is 0 Å². The van der Waals surface area contributed by atoms with Gasteiger partial charge in [-0.25, -0.2) is 10.4 Å². The molecule has 0 bridgehead atoms. The van der Waals surface area contributed by atoms with Crippen molar-refractivity contribution < 1.29 is 9.53 Å². The number of thiazole rings is 1. The van der Waals surface area contributed by atoms with E-state index < -0.39 is 0 Å². The molecule has 1 saturated heterocycles. The Bertz CT molecular complexity index is 978. The van der Waals surface area contributed by atoms with E-state index in [2.05, 4.69) is 32.5 Å². The molecule has 1 aromatic heterocycles. The molecule has 0 saturated carbocycles. The molecule has 0 spiro atoms. The summed E-state index contributed by atoms with van der Waals surface area (Å²) in [6, 6.07) is 16.2. The second-order valence-electron chi connectivity index (χ2n) is 6.61. The predicted octanol–water partition coefficient (Wildman–Crippen LogP) is 3.77. The number of morpholine rings is 1. The average Bonchev–Trinajstić information content (AvgIpc) is 3.20. The zero-order chi connectivity index (χ0) is 20.1. The molecule has 8 heteroatoms. The maximum absolute atomic E-state index is 12.1. The van der Waals surface area contributed by atoms with Crippen molar-refractivity contribution >= 4 is 50.6 Å². The number of anilines is 1. The summed E-state index contributed by atoms with van der Waals surface area (Å²) in [6.07, 6.45) is 0. The van der Waals surface area contributed by atoms with E-state index in [9.17, 15) is 4.79 Å². The van der Waals surface area contributed by atoms with E-state index in [-0.39, 0.29) is 11.7 Å². The lowest BCUT2D eigenvalue weighted by molar-refractivity contribution is -0.118. The molecule has 0 atom stereocenters. The maximum atomic E-state index is 12.1. The van der Waals surface area contributed by atoms with E-state index >= 15 is 0 Å². The summed E-state index contributed by atoms with van der Waals surface area (Å²) < 4.78 is 7.41. The Hall–Kier alpha value is -2.42. The standard InChI is InChI=1S/C21H22N4O2S2/c1-15(16-6-8-17(9-7-16)25-10-12-27-13-11-25)23-24-20(26)14-28-21-22-18-4-2-3-5-19(18)29-21/h2-9H,10-14H2,1H3,(H,24,26). The van der Waals surface area contributed by atoms with Gasteiger partial charge in [-0.15, -0.1) is 11.3 Å². The van der Waals surface area contributed by atoms with Gasteiger partial charge in [0.25, 0.3) is 5.91 Å². The normalized spacial score (nSPS) is 14.9. The van der Waals surface area contributed by atoms with E-state index in [0.717, 1.165) is 52.1 Å². The van der Waals surface area contributed by atoms with Crippen LogP contribution in [0.1, 0.15) is 12.5 Å². The molecule has 1 amide bonds. The van der Waals surface area contributed by atoms with Crippen LogP contribution in [0.5, 0.6) is 0 Å². The van der Waals surface area contributed by atoms with Crippen molar-refractivity contribution in [1.29, 1.82) is 0 Å². The molecule has 1 aliphatic heterocycles. The van der Waals surface area contributed by atoms with Gasteiger partial charge in [-0.3, -0.25) is 4.79 Å². The number of nitrogens with zero attached hydrogens (tertiary/aromatic N) is 3. The van der Waals surface area contributed by atoms with Gasteiger partial charge >= 0.3 is 0 Å². The monoisotopic (exact) mass is 426 g/mol. The highest BCUT2D eigenvalue weighted by Gasteiger charge is 2.11. The zero-order valence-electron chi connectivity index (χ0n) is 16.1. The summed E-state index contributed by atoms with van der Waals surface area (Å²) >= 11 is 3.03. The Labute approximate surface area is 178 Å².